The monoisotopic (exact) mass is 384 g/mol. The zero-order valence-corrected chi connectivity index (χ0v) is 15.7. The summed E-state index contributed by atoms with van der Waals surface area (Å²) in [6.45, 7) is 0.613. The number of nitrogens with zero attached hydrogens (tertiary/aromatic N) is 3. The number of carbonyl (C=O) groups excluding carboxylic acids is 1. The Morgan fingerprint density at radius 3 is 2.70 bits per heavy atom. The summed E-state index contributed by atoms with van der Waals surface area (Å²) in [5.74, 6) is -0.331. The van der Waals surface area contributed by atoms with Crippen molar-refractivity contribution >= 4 is 39.2 Å². The molecule has 0 atom stereocenters. The molecule has 3 aromatic rings. The van der Waals surface area contributed by atoms with Gasteiger partial charge in [-0.3, -0.25) is 9.59 Å². The van der Waals surface area contributed by atoms with Crippen molar-refractivity contribution < 1.29 is 14.7 Å². The number of amides is 1. The van der Waals surface area contributed by atoms with Crippen LogP contribution in [-0.4, -0.2) is 47.1 Å². The predicted octanol–water partition coefficient (Wildman–Crippen LogP) is 2.78. The maximum Gasteiger partial charge on any atom is 0.305 e. The molecular formula is C19H20N4O3S. The number of hydrogen-bond acceptors (Lipinski definition) is 6. The summed E-state index contributed by atoms with van der Waals surface area (Å²) in [5, 5.41) is 12.2. The van der Waals surface area contributed by atoms with Gasteiger partial charge < -0.3 is 15.3 Å². The van der Waals surface area contributed by atoms with Crippen LogP contribution < -0.4 is 10.2 Å². The molecule has 0 aliphatic rings. The van der Waals surface area contributed by atoms with Crippen molar-refractivity contribution in [3.8, 4) is 10.4 Å². The van der Waals surface area contributed by atoms with Crippen LogP contribution in [0.15, 0.2) is 42.7 Å². The van der Waals surface area contributed by atoms with Gasteiger partial charge in [0.05, 0.1) is 11.8 Å². The van der Waals surface area contributed by atoms with Gasteiger partial charge in [0.15, 0.2) is 0 Å². The molecule has 1 aromatic carbocycles. The zero-order chi connectivity index (χ0) is 19.2. The largest absolute Gasteiger partial charge is 0.481 e. The Bertz CT molecular complexity index is 943. The Hall–Kier alpha value is -3.00. The minimum atomic E-state index is -0.928. The molecule has 0 fully saturated rings. The summed E-state index contributed by atoms with van der Waals surface area (Å²) in [6, 6.07) is 12.2. The lowest BCUT2D eigenvalue weighted by atomic mass is 10.2. The lowest BCUT2D eigenvalue weighted by Gasteiger charge is -2.18. The first-order valence-corrected chi connectivity index (χ1v) is 9.36. The highest BCUT2D eigenvalue weighted by atomic mass is 32.1. The van der Waals surface area contributed by atoms with Crippen molar-refractivity contribution in [3.05, 3.63) is 42.7 Å². The third kappa shape index (κ3) is 4.79. The van der Waals surface area contributed by atoms with Crippen LogP contribution in [0.4, 0.5) is 5.82 Å². The number of aliphatic carboxylic acids is 1. The van der Waals surface area contributed by atoms with E-state index in [0.717, 1.165) is 26.5 Å². The van der Waals surface area contributed by atoms with Gasteiger partial charge >= 0.3 is 5.97 Å². The Balaban J connectivity index is 1.69. The fourth-order valence-corrected chi connectivity index (χ4v) is 3.66. The first-order valence-electron chi connectivity index (χ1n) is 8.54. The van der Waals surface area contributed by atoms with E-state index < -0.39 is 5.97 Å². The van der Waals surface area contributed by atoms with Gasteiger partial charge in [-0.2, -0.15) is 0 Å². The maximum absolute atomic E-state index is 11.9. The zero-order valence-electron chi connectivity index (χ0n) is 14.9. The van der Waals surface area contributed by atoms with Gasteiger partial charge in [0, 0.05) is 31.4 Å². The summed E-state index contributed by atoms with van der Waals surface area (Å²) in [4.78, 5) is 35.0. The van der Waals surface area contributed by atoms with E-state index in [2.05, 4.69) is 33.5 Å². The van der Waals surface area contributed by atoms with Crippen molar-refractivity contribution in [3.63, 3.8) is 0 Å². The van der Waals surface area contributed by atoms with Crippen LogP contribution in [0.3, 0.4) is 0 Å². The van der Waals surface area contributed by atoms with Crippen LogP contribution >= 0.6 is 11.3 Å². The molecule has 0 aliphatic carbocycles. The summed E-state index contributed by atoms with van der Waals surface area (Å²) in [6.07, 6.45) is 1.72. The fourth-order valence-electron chi connectivity index (χ4n) is 2.66. The quantitative estimate of drug-likeness (QED) is 0.620. The molecule has 0 aliphatic heterocycles. The molecule has 2 aromatic heterocycles. The molecule has 0 unspecified atom stereocenters. The van der Waals surface area contributed by atoms with Crippen LogP contribution in [0.5, 0.6) is 0 Å². The number of benzene rings is 1. The van der Waals surface area contributed by atoms with Crippen LogP contribution in [0.25, 0.3) is 20.7 Å². The predicted molar refractivity (Wildman–Crippen MR) is 106 cm³/mol. The Morgan fingerprint density at radius 1 is 1.19 bits per heavy atom. The van der Waals surface area contributed by atoms with E-state index in [-0.39, 0.29) is 25.3 Å². The number of aromatic nitrogens is 2. The van der Waals surface area contributed by atoms with Crippen molar-refractivity contribution in [1.82, 2.24) is 15.3 Å². The SMILES string of the molecule is CN(CCC(=O)NCCC(=O)O)c1ncnc2sc(-c3ccccc3)cc12. The van der Waals surface area contributed by atoms with E-state index in [1.54, 1.807) is 11.3 Å². The number of thiophene rings is 1. The standard InChI is InChI=1S/C19H20N4O3S/c1-23(10-8-16(24)20-9-7-17(25)26)18-14-11-15(13-5-3-2-4-6-13)27-19(14)22-12-21-18/h2-6,11-12H,7-10H2,1H3,(H,20,24)(H,25,26). The highest BCUT2D eigenvalue weighted by molar-refractivity contribution is 7.21. The van der Waals surface area contributed by atoms with Crippen molar-refractivity contribution in [2.45, 2.75) is 12.8 Å². The number of nitrogens with one attached hydrogen (secondary N) is 1. The van der Waals surface area contributed by atoms with Gasteiger partial charge in [0.1, 0.15) is 17.0 Å². The second kappa shape index (κ2) is 8.59. The molecule has 0 saturated heterocycles. The maximum atomic E-state index is 11.9. The summed E-state index contributed by atoms with van der Waals surface area (Å²) in [5.41, 5.74) is 1.13. The molecule has 27 heavy (non-hydrogen) atoms. The number of carboxylic acid groups (broad SMARTS) is 1. The molecule has 2 N–H and O–H groups in total. The number of carbonyl (C=O) groups is 2. The highest BCUT2D eigenvalue weighted by Gasteiger charge is 2.14. The van der Waals surface area contributed by atoms with Crippen molar-refractivity contribution in [1.29, 1.82) is 0 Å². The lowest BCUT2D eigenvalue weighted by Crippen LogP contribution is -2.30. The average Bonchev–Trinajstić information content (AvgIpc) is 3.11. The van der Waals surface area contributed by atoms with Gasteiger partial charge in [-0.15, -0.1) is 11.3 Å². The summed E-state index contributed by atoms with van der Waals surface area (Å²) >= 11 is 1.61. The molecule has 8 heteroatoms. The van der Waals surface area contributed by atoms with Gasteiger partial charge in [-0.05, 0) is 11.6 Å². The normalized spacial score (nSPS) is 10.7. The van der Waals surface area contributed by atoms with Gasteiger partial charge in [-0.1, -0.05) is 30.3 Å². The minimum Gasteiger partial charge on any atom is -0.481 e. The second-order valence-corrected chi connectivity index (χ2v) is 7.09. The van der Waals surface area contributed by atoms with Crippen LogP contribution in [0, 0.1) is 0 Å². The van der Waals surface area contributed by atoms with E-state index >= 15 is 0 Å². The van der Waals surface area contributed by atoms with Crippen molar-refractivity contribution in [2.75, 3.05) is 25.0 Å². The first kappa shape index (κ1) is 18.8. The molecule has 7 nitrogen and oxygen atoms in total. The molecule has 1 amide bonds. The molecule has 2 heterocycles. The third-order valence-electron chi connectivity index (χ3n) is 4.06. The lowest BCUT2D eigenvalue weighted by molar-refractivity contribution is -0.136. The van der Waals surface area contributed by atoms with E-state index in [9.17, 15) is 9.59 Å². The van der Waals surface area contributed by atoms with E-state index in [4.69, 9.17) is 5.11 Å². The van der Waals surface area contributed by atoms with E-state index in [1.807, 2.05) is 30.1 Å². The second-order valence-electron chi connectivity index (χ2n) is 6.06. The van der Waals surface area contributed by atoms with Crippen LogP contribution in [-0.2, 0) is 9.59 Å². The molecule has 0 saturated carbocycles. The first-order chi connectivity index (χ1) is 13.0. The van der Waals surface area contributed by atoms with E-state index in [0.29, 0.717) is 6.54 Å². The Kier molecular flexibility index (Phi) is 5.97. The molecule has 0 spiro atoms. The number of rotatable bonds is 8. The molecular weight excluding hydrogens is 364 g/mol. The number of anilines is 1. The summed E-state index contributed by atoms with van der Waals surface area (Å²) < 4.78 is 0. The number of carboxylic acids is 1. The van der Waals surface area contributed by atoms with Gasteiger partial charge in [-0.25, -0.2) is 9.97 Å². The van der Waals surface area contributed by atoms with Crippen molar-refractivity contribution in [2.24, 2.45) is 0 Å². The highest BCUT2D eigenvalue weighted by Crippen LogP contribution is 2.35. The molecule has 3 rings (SSSR count). The molecule has 0 bridgehead atoms. The van der Waals surface area contributed by atoms with Crippen LogP contribution in [0.1, 0.15) is 12.8 Å². The Labute approximate surface area is 160 Å². The topological polar surface area (TPSA) is 95.4 Å². The van der Waals surface area contributed by atoms with Gasteiger partial charge in [0.25, 0.3) is 0 Å². The average molecular weight is 384 g/mol. The Morgan fingerprint density at radius 2 is 1.96 bits per heavy atom. The fraction of sp³-hybridized carbons (Fsp3) is 0.263. The smallest absolute Gasteiger partial charge is 0.305 e. The number of hydrogen-bond donors (Lipinski definition) is 2. The van der Waals surface area contributed by atoms with Gasteiger partial charge in [0.2, 0.25) is 5.91 Å². The molecule has 0 radical (unpaired) electrons. The van der Waals surface area contributed by atoms with Crippen LogP contribution in [0.2, 0.25) is 0 Å². The minimum absolute atomic E-state index is 0.0781. The third-order valence-corrected chi connectivity index (χ3v) is 5.16. The molecule has 140 valence electrons. The summed E-state index contributed by atoms with van der Waals surface area (Å²) in [7, 11) is 1.88. The number of fused-ring (bicyclic) bond motifs is 1. The van der Waals surface area contributed by atoms with E-state index in [1.165, 1.54) is 6.33 Å².